The molecular formula is C34H36ClF6N9O3. The molecule has 12 nitrogen and oxygen atoms in total. The van der Waals surface area contributed by atoms with E-state index in [2.05, 4.69) is 27.2 Å². The second kappa shape index (κ2) is 14.7. The van der Waals surface area contributed by atoms with Crippen molar-refractivity contribution in [3.63, 3.8) is 0 Å². The van der Waals surface area contributed by atoms with Gasteiger partial charge in [-0.25, -0.2) is 37.0 Å². The predicted octanol–water partition coefficient (Wildman–Crippen LogP) is 6.98. The van der Waals surface area contributed by atoms with Crippen molar-refractivity contribution < 1.29 is 40.7 Å². The largest absolute Gasteiger partial charge is 0.447 e. The lowest BCUT2D eigenvalue weighted by atomic mass is 9.75. The maximum atomic E-state index is 14.9. The number of rotatable bonds is 12. The van der Waals surface area contributed by atoms with Gasteiger partial charge in [-0.05, 0) is 40.7 Å². The topological polar surface area (TPSA) is 143 Å². The fraction of sp³-hybridized carbons (Fsp3) is 0.412. The number of amidine groups is 1. The summed E-state index contributed by atoms with van der Waals surface area (Å²) in [7, 11) is 1.12. The van der Waals surface area contributed by atoms with Crippen LogP contribution in [0.2, 0.25) is 5.02 Å². The molecule has 3 atom stereocenters. The number of aliphatic imine (C=N–C) groups is 2. The number of hydrogen-bond donors (Lipinski definition) is 2. The predicted molar refractivity (Wildman–Crippen MR) is 187 cm³/mol. The number of aromatic nitrogens is 2. The maximum absolute atomic E-state index is 14.9. The molecule has 0 saturated heterocycles. The molecule has 0 spiro atoms. The Morgan fingerprint density at radius 1 is 1.17 bits per heavy atom. The Balaban J connectivity index is 1.57. The van der Waals surface area contributed by atoms with Gasteiger partial charge in [0, 0.05) is 31.9 Å². The second-order valence-electron chi connectivity index (χ2n) is 13.6. The number of guanidine groups is 1. The van der Waals surface area contributed by atoms with Crippen molar-refractivity contribution >= 4 is 47.8 Å². The summed E-state index contributed by atoms with van der Waals surface area (Å²) in [5, 5.41) is 10.0. The number of halogens is 7. The normalized spacial score (nSPS) is 20.4. The highest BCUT2D eigenvalue weighted by Crippen LogP contribution is 2.46. The highest BCUT2D eigenvalue weighted by atomic mass is 35.5. The van der Waals surface area contributed by atoms with E-state index < -0.39 is 72.8 Å². The first-order chi connectivity index (χ1) is 24.8. The van der Waals surface area contributed by atoms with Crippen LogP contribution in [0.25, 0.3) is 11.1 Å². The van der Waals surface area contributed by atoms with Gasteiger partial charge in [-0.15, -0.1) is 0 Å². The molecule has 2 amide bonds. The zero-order valence-corrected chi connectivity index (χ0v) is 29.7. The van der Waals surface area contributed by atoms with Crippen LogP contribution in [-0.2, 0) is 15.1 Å². The van der Waals surface area contributed by atoms with Crippen LogP contribution in [0.1, 0.15) is 57.3 Å². The van der Waals surface area contributed by atoms with Crippen molar-refractivity contribution in [2.24, 2.45) is 26.2 Å². The van der Waals surface area contributed by atoms with Crippen LogP contribution in [0.3, 0.4) is 0 Å². The average molecular weight is 768 g/mol. The molecule has 284 valence electrons. The minimum atomic E-state index is -3.10. The molecule has 1 fully saturated rings. The maximum Gasteiger partial charge on any atom is 0.407 e. The summed E-state index contributed by atoms with van der Waals surface area (Å²) in [4.78, 5) is 36.9. The molecule has 2 aliphatic rings. The van der Waals surface area contributed by atoms with Crippen LogP contribution in [0.4, 0.5) is 36.8 Å². The minimum absolute atomic E-state index is 0.0630. The third-order valence-corrected chi connectivity index (χ3v) is 8.90. The van der Waals surface area contributed by atoms with Crippen LogP contribution >= 0.6 is 11.6 Å². The molecule has 5 rings (SSSR count). The second-order valence-corrected chi connectivity index (χ2v) is 14.0. The number of carbonyl (C=O) groups is 2. The van der Waals surface area contributed by atoms with Crippen LogP contribution in [0, 0.1) is 5.41 Å². The number of carbonyl (C=O) groups excluding carboxylic acids is 2. The van der Waals surface area contributed by atoms with Crippen LogP contribution in [0.15, 0.2) is 69.9 Å². The number of hydrogen-bond acceptors (Lipinski definition) is 8. The summed E-state index contributed by atoms with van der Waals surface area (Å²) in [6, 6.07) is 7.75. The molecule has 3 aromatic rings. The summed E-state index contributed by atoms with van der Waals surface area (Å²) in [6.07, 6.45) is -2.32. The first kappa shape index (κ1) is 39.1. The van der Waals surface area contributed by atoms with E-state index in [1.807, 2.05) is 20.8 Å². The Morgan fingerprint density at radius 3 is 2.36 bits per heavy atom. The Hall–Kier alpha value is -5.13. The highest BCUT2D eigenvalue weighted by molar-refractivity contribution is 6.34. The first-order valence-corrected chi connectivity index (χ1v) is 16.4. The van der Waals surface area contributed by atoms with E-state index in [1.165, 1.54) is 30.6 Å². The molecule has 1 aliphatic heterocycles. The third kappa shape index (κ3) is 8.11. The summed E-state index contributed by atoms with van der Waals surface area (Å²) in [5.41, 5.74) is 5.65. The fourth-order valence-electron chi connectivity index (χ4n) is 6.09. The van der Waals surface area contributed by atoms with Gasteiger partial charge in [0.2, 0.25) is 0 Å². The lowest BCUT2D eigenvalue weighted by molar-refractivity contribution is -0.135. The Bertz CT molecular complexity index is 1930. The molecular weight excluding hydrogens is 732 g/mol. The van der Waals surface area contributed by atoms with Crippen molar-refractivity contribution in [1.29, 1.82) is 0 Å². The lowest BCUT2D eigenvalue weighted by Gasteiger charge is -2.35. The number of alkyl carbamates (subject to hydrolysis) is 1. The number of amides is 2. The molecule has 2 heterocycles. The SMILES string of the molecule is C=NN(C(=NC)C(F)F)c1cc([C@@H](COC(=O)N[C@@H]2CC2(F)F)N2C(=O)[C@@](CC(C)(C)C)(c3ccc(-c4cnn(C(F)F)c4)cc3)N=C2N)ccc1Cl. The van der Waals surface area contributed by atoms with Crippen LogP contribution in [-0.4, -0.2) is 77.2 Å². The molecule has 0 radical (unpaired) electrons. The minimum Gasteiger partial charge on any atom is -0.447 e. The third-order valence-electron chi connectivity index (χ3n) is 8.58. The van der Waals surface area contributed by atoms with Gasteiger partial charge in [-0.3, -0.25) is 14.7 Å². The van der Waals surface area contributed by atoms with Gasteiger partial charge in [-0.1, -0.05) is 62.7 Å². The monoisotopic (exact) mass is 767 g/mol. The molecule has 1 aliphatic carbocycles. The van der Waals surface area contributed by atoms with Crippen molar-refractivity contribution in [2.45, 2.75) is 70.1 Å². The molecule has 19 heteroatoms. The van der Waals surface area contributed by atoms with Gasteiger partial charge in [0.05, 0.1) is 22.9 Å². The van der Waals surface area contributed by atoms with E-state index in [-0.39, 0.29) is 28.7 Å². The summed E-state index contributed by atoms with van der Waals surface area (Å²) < 4.78 is 87.2. The average Bonchev–Trinajstić information content (AvgIpc) is 3.36. The van der Waals surface area contributed by atoms with Gasteiger partial charge in [0.25, 0.3) is 18.3 Å². The molecule has 2 aromatic carbocycles. The molecule has 1 saturated carbocycles. The standard InChI is InChI=1S/C34H36ClF6N9O3/c1-32(2,3)17-33(21-9-6-18(7-10-21)20-14-45-48(15-20)29(38)39)28(51)49(30(42)47-33)24(16-53-31(52)46-25-13-34(25,40)41)19-8-11-22(35)23(12-19)50(44-5)27(43-4)26(36)37/h6-12,14-15,24-26,29H,5,13,16-17H2,1-4H3,(H2,42,47)(H,46,52)/t24-,25-,33-/m1/s1. The van der Waals surface area contributed by atoms with E-state index in [9.17, 15) is 35.9 Å². The number of hydrazone groups is 1. The molecule has 1 aromatic heterocycles. The van der Waals surface area contributed by atoms with Crippen molar-refractivity contribution in [1.82, 2.24) is 20.0 Å². The fourth-order valence-corrected chi connectivity index (χ4v) is 6.29. The molecule has 0 unspecified atom stereocenters. The van der Waals surface area contributed by atoms with Gasteiger partial charge >= 0.3 is 12.6 Å². The van der Waals surface area contributed by atoms with Crippen molar-refractivity contribution in [2.75, 3.05) is 18.7 Å². The van der Waals surface area contributed by atoms with E-state index in [4.69, 9.17) is 27.1 Å². The van der Waals surface area contributed by atoms with Crippen molar-refractivity contribution in [3.05, 3.63) is 71.0 Å². The zero-order valence-electron chi connectivity index (χ0n) is 28.9. The summed E-state index contributed by atoms with van der Waals surface area (Å²) in [5.74, 6) is -4.86. The van der Waals surface area contributed by atoms with Crippen molar-refractivity contribution in [3.8, 4) is 11.1 Å². The van der Waals surface area contributed by atoms with Crippen LogP contribution in [0.5, 0.6) is 0 Å². The van der Waals surface area contributed by atoms with E-state index in [0.29, 0.717) is 26.4 Å². The van der Waals surface area contributed by atoms with E-state index in [0.717, 1.165) is 11.9 Å². The number of nitrogens with one attached hydrogen (secondary N) is 1. The highest BCUT2D eigenvalue weighted by Gasteiger charge is 2.58. The summed E-state index contributed by atoms with van der Waals surface area (Å²) in [6.45, 7) is 5.49. The zero-order chi connectivity index (χ0) is 39.0. The Labute approximate surface area is 305 Å². The van der Waals surface area contributed by atoms with E-state index >= 15 is 0 Å². The number of ether oxygens (including phenoxy) is 1. The van der Waals surface area contributed by atoms with Gasteiger partial charge in [-0.2, -0.15) is 19.0 Å². The van der Waals surface area contributed by atoms with Gasteiger partial charge in [0.1, 0.15) is 12.6 Å². The lowest BCUT2D eigenvalue weighted by Crippen LogP contribution is -2.47. The molecule has 3 N–H and O–H groups in total. The Kier molecular flexibility index (Phi) is 10.9. The Morgan fingerprint density at radius 2 is 1.83 bits per heavy atom. The quantitative estimate of drug-likeness (QED) is 0.0882. The number of alkyl halides is 6. The van der Waals surface area contributed by atoms with Gasteiger partial charge < -0.3 is 15.8 Å². The number of nitrogens with two attached hydrogens (primary N) is 1. The number of nitrogens with zero attached hydrogens (tertiary/aromatic N) is 7. The van der Waals surface area contributed by atoms with Crippen LogP contribution < -0.4 is 16.1 Å². The molecule has 0 bridgehead atoms. The first-order valence-electron chi connectivity index (χ1n) is 16.1. The van der Waals surface area contributed by atoms with Gasteiger partial charge in [0.15, 0.2) is 17.3 Å². The molecule has 53 heavy (non-hydrogen) atoms. The summed E-state index contributed by atoms with van der Waals surface area (Å²) >= 11 is 6.42. The number of benzene rings is 2. The number of anilines is 1. The smallest absolute Gasteiger partial charge is 0.407 e. The van der Waals surface area contributed by atoms with E-state index in [1.54, 1.807) is 24.3 Å².